The van der Waals surface area contributed by atoms with Crippen LogP contribution in [0, 0.1) is 0 Å². The minimum atomic E-state index is -3.31. The minimum Gasteiger partial charge on any atom is -0.380 e. The number of ether oxygens (including phenoxy) is 1. The number of fused-ring (bicyclic) bond motifs is 1. The topological polar surface area (TPSA) is 77.7 Å². The molecule has 0 saturated heterocycles. The van der Waals surface area contributed by atoms with Crippen LogP contribution < -0.4 is 4.80 Å². The van der Waals surface area contributed by atoms with Crippen molar-refractivity contribution in [3.05, 3.63) is 43.8 Å². The predicted octanol–water partition coefficient (Wildman–Crippen LogP) is 3.71. The Labute approximate surface area is 173 Å². The second-order valence-electron chi connectivity index (χ2n) is 5.66. The molecule has 2 heterocycles. The molecule has 0 radical (unpaired) electrons. The first-order valence-electron chi connectivity index (χ1n) is 8.05. The Hall–Kier alpha value is -1.33. The van der Waals surface area contributed by atoms with Gasteiger partial charge in [-0.3, -0.25) is 4.79 Å². The number of benzene rings is 1. The fourth-order valence-electron chi connectivity index (χ4n) is 2.46. The summed E-state index contributed by atoms with van der Waals surface area (Å²) < 4.78 is 32.6. The largest absolute Gasteiger partial charge is 0.380 e. The number of thiophene rings is 1. The van der Waals surface area contributed by atoms with E-state index in [2.05, 4.69) is 20.9 Å². The van der Waals surface area contributed by atoms with Gasteiger partial charge in [-0.1, -0.05) is 11.3 Å². The van der Waals surface area contributed by atoms with Crippen LogP contribution >= 0.6 is 38.6 Å². The van der Waals surface area contributed by atoms with Gasteiger partial charge in [-0.05, 0) is 53.2 Å². The molecule has 0 bridgehead atoms. The molecule has 27 heavy (non-hydrogen) atoms. The number of thiazole rings is 1. The molecule has 0 aliphatic heterocycles. The summed E-state index contributed by atoms with van der Waals surface area (Å²) in [6, 6.07) is 8.47. The van der Waals surface area contributed by atoms with Crippen LogP contribution in [-0.4, -0.2) is 38.4 Å². The van der Waals surface area contributed by atoms with Crippen molar-refractivity contribution in [2.75, 3.05) is 19.5 Å². The molecule has 3 rings (SSSR count). The van der Waals surface area contributed by atoms with E-state index in [-0.39, 0.29) is 10.8 Å². The van der Waals surface area contributed by atoms with Gasteiger partial charge >= 0.3 is 0 Å². The first-order valence-corrected chi connectivity index (χ1v) is 12.4. The van der Waals surface area contributed by atoms with Crippen LogP contribution in [0.3, 0.4) is 0 Å². The zero-order valence-electron chi connectivity index (χ0n) is 14.6. The highest BCUT2D eigenvalue weighted by atomic mass is 79.9. The molecule has 1 aromatic carbocycles. The molecule has 0 N–H and O–H groups in total. The third-order valence-electron chi connectivity index (χ3n) is 3.73. The van der Waals surface area contributed by atoms with E-state index in [9.17, 15) is 13.2 Å². The summed E-state index contributed by atoms with van der Waals surface area (Å²) in [6.45, 7) is 3.50. The SMILES string of the molecule is CCOCCn1c(=NC(=O)c2ccc(Br)s2)sc2cc(S(C)(=O)=O)ccc21. The van der Waals surface area contributed by atoms with Gasteiger partial charge in [-0.15, -0.1) is 11.3 Å². The Bertz CT molecular complexity index is 1160. The molecule has 0 unspecified atom stereocenters. The number of amides is 1. The van der Waals surface area contributed by atoms with E-state index >= 15 is 0 Å². The maximum atomic E-state index is 12.5. The number of hydrogen-bond donors (Lipinski definition) is 0. The van der Waals surface area contributed by atoms with Crippen molar-refractivity contribution in [2.24, 2.45) is 4.99 Å². The van der Waals surface area contributed by atoms with Crippen molar-refractivity contribution >= 4 is 64.6 Å². The lowest BCUT2D eigenvalue weighted by molar-refractivity contribution is 0.100. The molecule has 1 amide bonds. The van der Waals surface area contributed by atoms with Gasteiger partial charge in [0.15, 0.2) is 14.6 Å². The van der Waals surface area contributed by atoms with E-state index in [1.54, 1.807) is 30.3 Å². The Morgan fingerprint density at radius 1 is 1.26 bits per heavy atom. The molecule has 0 aliphatic rings. The summed E-state index contributed by atoms with van der Waals surface area (Å²) in [6.07, 6.45) is 1.17. The molecule has 10 heteroatoms. The average molecular weight is 489 g/mol. The highest BCUT2D eigenvalue weighted by molar-refractivity contribution is 9.11. The lowest BCUT2D eigenvalue weighted by Crippen LogP contribution is -2.19. The zero-order chi connectivity index (χ0) is 19.6. The molecular formula is C17H17BrN2O4S3. The van der Waals surface area contributed by atoms with Gasteiger partial charge in [0.2, 0.25) is 0 Å². The fraction of sp³-hybridized carbons (Fsp3) is 0.294. The maximum Gasteiger partial charge on any atom is 0.289 e. The van der Waals surface area contributed by atoms with E-state index in [1.165, 1.54) is 28.9 Å². The first-order chi connectivity index (χ1) is 12.8. The van der Waals surface area contributed by atoms with Crippen molar-refractivity contribution < 1.29 is 17.9 Å². The number of rotatable bonds is 6. The maximum absolute atomic E-state index is 12.5. The number of aromatic nitrogens is 1. The Morgan fingerprint density at radius 2 is 2.04 bits per heavy atom. The van der Waals surface area contributed by atoms with Gasteiger partial charge in [0.05, 0.1) is 30.4 Å². The van der Waals surface area contributed by atoms with Gasteiger partial charge in [0.25, 0.3) is 5.91 Å². The zero-order valence-corrected chi connectivity index (χ0v) is 18.7. The van der Waals surface area contributed by atoms with Crippen LogP contribution in [0.2, 0.25) is 0 Å². The normalized spacial score (nSPS) is 12.8. The third kappa shape index (κ3) is 4.75. The number of halogens is 1. The lowest BCUT2D eigenvalue weighted by Gasteiger charge is -2.06. The third-order valence-corrected chi connectivity index (χ3v) is 7.49. The van der Waals surface area contributed by atoms with E-state index in [0.29, 0.717) is 29.4 Å². The van der Waals surface area contributed by atoms with Gasteiger partial charge in [-0.2, -0.15) is 4.99 Å². The van der Waals surface area contributed by atoms with Crippen molar-refractivity contribution in [3.63, 3.8) is 0 Å². The van der Waals surface area contributed by atoms with Crippen molar-refractivity contribution in [1.29, 1.82) is 0 Å². The monoisotopic (exact) mass is 488 g/mol. The molecule has 0 aliphatic carbocycles. The van der Waals surface area contributed by atoms with E-state index < -0.39 is 9.84 Å². The smallest absolute Gasteiger partial charge is 0.289 e. The minimum absolute atomic E-state index is 0.244. The summed E-state index contributed by atoms with van der Waals surface area (Å²) in [7, 11) is -3.31. The van der Waals surface area contributed by atoms with Crippen LogP contribution in [0.15, 0.2) is 44.0 Å². The summed E-state index contributed by atoms with van der Waals surface area (Å²) in [5, 5.41) is 0. The predicted molar refractivity (Wildman–Crippen MR) is 111 cm³/mol. The Kier molecular flexibility index (Phi) is 6.32. The number of sulfone groups is 1. The summed E-state index contributed by atoms with van der Waals surface area (Å²) in [5.41, 5.74) is 0.825. The number of nitrogens with zero attached hydrogens (tertiary/aromatic N) is 2. The number of hydrogen-bond acceptors (Lipinski definition) is 6. The molecule has 3 aromatic rings. The molecule has 2 aromatic heterocycles. The van der Waals surface area contributed by atoms with E-state index in [4.69, 9.17) is 4.74 Å². The molecule has 144 valence electrons. The summed E-state index contributed by atoms with van der Waals surface area (Å²) >= 11 is 5.96. The van der Waals surface area contributed by atoms with Gasteiger partial charge in [0, 0.05) is 19.4 Å². The fourth-order valence-corrected chi connectivity index (χ4v) is 5.54. The van der Waals surface area contributed by atoms with Crippen LogP contribution in [0.25, 0.3) is 10.2 Å². The van der Waals surface area contributed by atoms with Crippen molar-refractivity contribution in [3.8, 4) is 0 Å². The summed E-state index contributed by atoms with van der Waals surface area (Å²) in [5.74, 6) is -0.328. The second kappa shape index (κ2) is 8.36. The standard InChI is InChI=1S/C17H17BrN2O4S3/c1-3-24-9-8-20-12-5-4-11(27(2,22)23)10-14(12)26-17(20)19-16(21)13-6-7-15(18)25-13/h4-7,10H,3,8-9H2,1-2H3. The van der Waals surface area contributed by atoms with Gasteiger partial charge < -0.3 is 9.30 Å². The number of carbonyl (C=O) groups is 1. The van der Waals surface area contributed by atoms with Crippen molar-refractivity contribution in [1.82, 2.24) is 4.57 Å². The quantitative estimate of drug-likeness (QED) is 0.495. The highest BCUT2D eigenvalue weighted by Gasteiger charge is 2.14. The first kappa shape index (κ1) is 20.4. The molecule has 0 saturated carbocycles. The van der Waals surface area contributed by atoms with Crippen LogP contribution in [0.4, 0.5) is 0 Å². The Morgan fingerprint density at radius 3 is 2.67 bits per heavy atom. The second-order valence-corrected chi connectivity index (χ2v) is 11.1. The molecular weight excluding hydrogens is 472 g/mol. The van der Waals surface area contributed by atoms with Gasteiger partial charge in [-0.25, -0.2) is 8.42 Å². The molecule has 0 spiro atoms. The Balaban J connectivity index is 2.12. The van der Waals surface area contributed by atoms with Crippen LogP contribution in [0.1, 0.15) is 16.6 Å². The molecule has 0 atom stereocenters. The molecule has 6 nitrogen and oxygen atoms in total. The highest BCUT2D eigenvalue weighted by Crippen LogP contribution is 2.24. The average Bonchev–Trinajstić information content (AvgIpc) is 3.18. The van der Waals surface area contributed by atoms with Gasteiger partial charge in [0.1, 0.15) is 0 Å². The van der Waals surface area contributed by atoms with E-state index in [1.807, 2.05) is 11.5 Å². The molecule has 0 fully saturated rings. The van der Waals surface area contributed by atoms with E-state index in [0.717, 1.165) is 14.0 Å². The number of carbonyl (C=O) groups excluding carboxylic acids is 1. The lowest BCUT2D eigenvalue weighted by atomic mass is 10.3. The van der Waals surface area contributed by atoms with Crippen molar-refractivity contribution in [2.45, 2.75) is 18.4 Å². The summed E-state index contributed by atoms with van der Waals surface area (Å²) in [4.78, 5) is 18.1. The van der Waals surface area contributed by atoms with Crippen LogP contribution in [0.5, 0.6) is 0 Å². The van der Waals surface area contributed by atoms with Crippen LogP contribution in [-0.2, 0) is 21.1 Å².